The predicted octanol–water partition coefficient (Wildman–Crippen LogP) is 3.70. The van der Waals surface area contributed by atoms with Crippen molar-refractivity contribution in [2.75, 3.05) is 0 Å². The van der Waals surface area contributed by atoms with E-state index in [4.69, 9.17) is 0 Å². The quantitative estimate of drug-likeness (QED) is 0.578. The number of aryl methyl sites for hydroxylation is 1. The van der Waals surface area contributed by atoms with Crippen LogP contribution in [-0.2, 0) is 0 Å². The van der Waals surface area contributed by atoms with Crippen LogP contribution in [0.4, 0.5) is 0 Å². The van der Waals surface area contributed by atoms with Gasteiger partial charge in [-0.25, -0.2) is 0 Å². The zero-order valence-corrected chi connectivity index (χ0v) is 13.2. The van der Waals surface area contributed by atoms with E-state index in [1.807, 2.05) is 53.1 Å². The fourth-order valence-corrected chi connectivity index (χ4v) is 2.62. The summed E-state index contributed by atoms with van der Waals surface area (Å²) in [5.74, 6) is 1.39. The average molecular weight is 313 g/mol. The highest BCUT2D eigenvalue weighted by molar-refractivity contribution is 5.62. The summed E-state index contributed by atoms with van der Waals surface area (Å²) in [6.07, 6.45) is 3.51. The first-order valence-corrected chi connectivity index (χ1v) is 7.68. The first-order chi connectivity index (χ1) is 11.8. The van der Waals surface area contributed by atoms with Gasteiger partial charge in [0.25, 0.3) is 0 Å². The van der Waals surface area contributed by atoms with E-state index in [-0.39, 0.29) is 0 Å². The highest BCUT2D eigenvalue weighted by atomic mass is 15.3. The summed E-state index contributed by atoms with van der Waals surface area (Å²) in [5.41, 5.74) is 3.70. The summed E-state index contributed by atoms with van der Waals surface area (Å²) in [5, 5.41) is 8.76. The second-order valence-electron chi connectivity index (χ2n) is 5.45. The van der Waals surface area contributed by atoms with Gasteiger partial charge in [0.05, 0.1) is 0 Å². The van der Waals surface area contributed by atoms with Crippen molar-refractivity contribution in [3.8, 4) is 28.7 Å². The summed E-state index contributed by atoms with van der Waals surface area (Å²) in [6.45, 7) is 2.06. The van der Waals surface area contributed by atoms with Crippen molar-refractivity contribution in [1.82, 2.24) is 24.7 Å². The first-order valence-electron chi connectivity index (χ1n) is 7.68. The molecule has 1 aromatic carbocycles. The number of benzene rings is 1. The van der Waals surface area contributed by atoms with Gasteiger partial charge in [0, 0.05) is 18.1 Å². The molecule has 24 heavy (non-hydrogen) atoms. The Morgan fingerprint density at radius 3 is 1.83 bits per heavy atom. The van der Waals surface area contributed by atoms with Crippen LogP contribution in [0, 0.1) is 6.92 Å². The molecule has 0 spiro atoms. The van der Waals surface area contributed by atoms with Crippen LogP contribution in [0.15, 0.2) is 73.1 Å². The van der Waals surface area contributed by atoms with E-state index < -0.39 is 0 Å². The lowest BCUT2D eigenvalue weighted by atomic mass is 10.2. The molecule has 0 radical (unpaired) electrons. The summed E-state index contributed by atoms with van der Waals surface area (Å²) in [6, 6.07) is 19.7. The molecule has 0 saturated heterocycles. The van der Waals surface area contributed by atoms with E-state index in [9.17, 15) is 0 Å². The zero-order chi connectivity index (χ0) is 16.4. The zero-order valence-electron chi connectivity index (χ0n) is 13.2. The van der Waals surface area contributed by atoms with Gasteiger partial charge in [-0.15, -0.1) is 10.2 Å². The van der Waals surface area contributed by atoms with E-state index in [1.54, 1.807) is 12.4 Å². The van der Waals surface area contributed by atoms with Crippen molar-refractivity contribution >= 4 is 0 Å². The molecule has 0 amide bonds. The van der Waals surface area contributed by atoms with Gasteiger partial charge in [-0.1, -0.05) is 24.3 Å². The molecular formula is C19H15N5. The highest BCUT2D eigenvalue weighted by Crippen LogP contribution is 2.26. The molecule has 0 aliphatic heterocycles. The molecular weight excluding hydrogens is 298 g/mol. The van der Waals surface area contributed by atoms with Crippen molar-refractivity contribution in [3.63, 3.8) is 0 Å². The van der Waals surface area contributed by atoms with Crippen LogP contribution in [0.5, 0.6) is 0 Å². The van der Waals surface area contributed by atoms with E-state index in [0.29, 0.717) is 11.6 Å². The second-order valence-corrected chi connectivity index (χ2v) is 5.45. The Balaban J connectivity index is 1.98. The average Bonchev–Trinajstić information content (AvgIpc) is 3.08. The Morgan fingerprint density at radius 2 is 1.33 bits per heavy atom. The van der Waals surface area contributed by atoms with Gasteiger partial charge < -0.3 is 0 Å². The molecule has 4 rings (SSSR count). The minimum absolute atomic E-state index is 0.696. The van der Waals surface area contributed by atoms with Gasteiger partial charge in [0.1, 0.15) is 11.4 Å². The van der Waals surface area contributed by atoms with Crippen molar-refractivity contribution in [2.45, 2.75) is 6.92 Å². The Kier molecular flexibility index (Phi) is 3.59. The molecule has 3 heterocycles. The molecule has 0 atom stereocenters. The van der Waals surface area contributed by atoms with Crippen LogP contribution in [0.3, 0.4) is 0 Å². The fourth-order valence-electron chi connectivity index (χ4n) is 2.62. The van der Waals surface area contributed by atoms with Crippen LogP contribution < -0.4 is 0 Å². The molecule has 4 aromatic rings. The van der Waals surface area contributed by atoms with E-state index in [1.165, 1.54) is 5.56 Å². The van der Waals surface area contributed by atoms with Crippen molar-refractivity contribution in [3.05, 3.63) is 78.6 Å². The topological polar surface area (TPSA) is 56.5 Å². The largest absolute Gasteiger partial charge is 0.272 e. The molecule has 116 valence electrons. The molecule has 0 fully saturated rings. The Labute approximate surface area is 139 Å². The fraction of sp³-hybridized carbons (Fsp3) is 0.0526. The molecule has 3 aromatic heterocycles. The lowest BCUT2D eigenvalue weighted by Crippen LogP contribution is -2.02. The molecule has 5 nitrogen and oxygen atoms in total. The summed E-state index contributed by atoms with van der Waals surface area (Å²) in [7, 11) is 0. The Morgan fingerprint density at radius 1 is 0.708 bits per heavy atom. The normalized spacial score (nSPS) is 10.7. The van der Waals surface area contributed by atoms with Gasteiger partial charge in [0.2, 0.25) is 0 Å². The van der Waals surface area contributed by atoms with Crippen LogP contribution in [0.2, 0.25) is 0 Å². The number of nitrogens with zero attached hydrogens (tertiary/aromatic N) is 5. The van der Waals surface area contributed by atoms with Crippen LogP contribution >= 0.6 is 0 Å². The molecule has 0 unspecified atom stereocenters. The maximum Gasteiger partial charge on any atom is 0.187 e. The Hall–Kier alpha value is -3.34. The highest BCUT2D eigenvalue weighted by Gasteiger charge is 2.18. The first kappa shape index (κ1) is 14.3. The van der Waals surface area contributed by atoms with Crippen molar-refractivity contribution < 1.29 is 0 Å². The monoisotopic (exact) mass is 313 g/mol. The smallest absolute Gasteiger partial charge is 0.187 e. The van der Waals surface area contributed by atoms with Gasteiger partial charge in [-0.05, 0) is 48.9 Å². The maximum atomic E-state index is 4.42. The summed E-state index contributed by atoms with van der Waals surface area (Å²) in [4.78, 5) is 8.84. The minimum Gasteiger partial charge on any atom is -0.272 e. The number of pyridine rings is 2. The summed E-state index contributed by atoms with van der Waals surface area (Å²) < 4.78 is 2.00. The lowest BCUT2D eigenvalue weighted by Gasteiger charge is -2.10. The van der Waals surface area contributed by atoms with Gasteiger partial charge in [0.15, 0.2) is 11.6 Å². The SMILES string of the molecule is Cc1cccc(-n2c(-c3ccccn3)nnc2-c2ccccn2)c1. The minimum atomic E-state index is 0.696. The molecule has 5 heteroatoms. The standard InChI is InChI=1S/C19H15N5/c1-14-7-6-8-15(13-14)24-18(16-9-2-4-11-20-16)22-23-19(24)17-10-3-5-12-21-17/h2-13H,1H3. The van der Waals surface area contributed by atoms with Crippen molar-refractivity contribution in [2.24, 2.45) is 0 Å². The lowest BCUT2D eigenvalue weighted by molar-refractivity contribution is 1.04. The maximum absolute atomic E-state index is 4.42. The van der Waals surface area contributed by atoms with Crippen LogP contribution in [-0.4, -0.2) is 24.7 Å². The third kappa shape index (κ3) is 2.56. The molecule has 0 bridgehead atoms. The van der Waals surface area contributed by atoms with Gasteiger partial charge in [-0.2, -0.15) is 0 Å². The molecule has 0 aliphatic rings. The van der Waals surface area contributed by atoms with E-state index in [2.05, 4.69) is 39.2 Å². The number of rotatable bonds is 3. The molecule has 0 saturated carbocycles. The Bertz CT molecular complexity index is 904. The van der Waals surface area contributed by atoms with Gasteiger partial charge >= 0.3 is 0 Å². The molecule has 0 N–H and O–H groups in total. The third-order valence-corrected chi connectivity index (χ3v) is 3.71. The third-order valence-electron chi connectivity index (χ3n) is 3.71. The number of hydrogen-bond acceptors (Lipinski definition) is 4. The predicted molar refractivity (Wildman–Crippen MR) is 92.6 cm³/mol. The number of aromatic nitrogens is 5. The van der Waals surface area contributed by atoms with E-state index >= 15 is 0 Å². The summed E-state index contributed by atoms with van der Waals surface area (Å²) >= 11 is 0. The van der Waals surface area contributed by atoms with Crippen LogP contribution in [0.25, 0.3) is 28.7 Å². The van der Waals surface area contributed by atoms with E-state index in [0.717, 1.165) is 17.1 Å². The van der Waals surface area contributed by atoms with Gasteiger partial charge in [-0.3, -0.25) is 14.5 Å². The second kappa shape index (κ2) is 6.04. The molecule has 0 aliphatic carbocycles. The number of hydrogen-bond donors (Lipinski definition) is 0. The van der Waals surface area contributed by atoms with Crippen LogP contribution in [0.1, 0.15) is 5.56 Å². The van der Waals surface area contributed by atoms with Crippen molar-refractivity contribution in [1.29, 1.82) is 0 Å².